The molecule has 1 aromatic rings. The molecule has 4 atom stereocenters. The van der Waals surface area contributed by atoms with E-state index >= 15 is 0 Å². The van der Waals surface area contributed by atoms with Crippen LogP contribution in [-0.2, 0) is 16.0 Å². The van der Waals surface area contributed by atoms with Gasteiger partial charge in [-0.05, 0) is 42.5 Å². The van der Waals surface area contributed by atoms with E-state index in [9.17, 15) is 9.18 Å². The maximum atomic E-state index is 13.5. The fourth-order valence-electron chi connectivity index (χ4n) is 4.92. The van der Waals surface area contributed by atoms with E-state index in [0.29, 0.717) is 6.42 Å². The van der Waals surface area contributed by atoms with Crippen LogP contribution in [-0.4, -0.2) is 11.6 Å². The summed E-state index contributed by atoms with van der Waals surface area (Å²) >= 11 is 0. The van der Waals surface area contributed by atoms with Gasteiger partial charge in [-0.1, -0.05) is 18.2 Å². The first-order chi connectivity index (χ1) is 11.1. The maximum absolute atomic E-state index is 13.5. The zero-order chi connectivity index (χ0) is 16.2. The van der Waals surface area contributed by atoms with E-state index in [1.54, 1.807) is 6.07 Å². The average Bonchev–Trinajstić information content (AvgIpc) is 3.03. The Morgan fingerprint density at radius 1 is 1.17 bits per heavy atom. The van der Waals surface area contributed by atoms with Crippen molar-refractivity contribution in [1.82, 2.24) is 0 Å². The number of rotatable bonds is 3. The molecule has 2 aliphatic carbocycles. The van der Waals surface area contributed by atoms with Crippen molar-refractivity contribution in [1.29, 1.82) is 0 Å². The van der Waals surface area contributed by atoms with Crippen LogP contribution in [0.5, 0.6) is 0 Å². The first kappa shape index (κ1) is 14.7. The Labute approximate surface area is 136 Å². The highest BCUT2D eigenvalue weighted by Crippen LogP contribution is 2.56. The molecule has 120 valence electrons. The van der Waals surface area contributed by atoms with Crippen molar-refractivity contribution in [2.24, 2.45) is 17.8 Å². The Balaban J connectivity index is 1.64. The number of halogens is 1. The fraction of sp³-hybridized carbons (Fsp3) is 0.450. The highest BCUT2D eigenvalue weighted by molar-refractivity contribution is 5.78. The summed E-state index contributed by atoms with van der Waals surface area (Å²) in [6.45, 7) is 7.86. The predicted octanol–water partition coefficient (Wildman–Crippen LogP) is 4.17. The van der Waals surface area contributed by atoms with E-state index in [2.05, 4.69) is 13.2 Å². The summed E-state index contributed by atoms with van der Waals surface area (Å²) in [5, 5.41) is 0. The highest BCUT2D eigenvalue weighted by atomic mass is 19.1. The van der Waals surface area contributed by atoms with Crippen LogP contribution in [0.1, 0.15) is 36.3 Å². The third kappa shape index (κ3) is 1.95. The van der Waals surface area contributed by atoms with Gasteiger partial charge in [-0.2, -0.15) is 0 Å². The molecule has 1 saturated heterocycles. The van der Waals surface area contributed by atoms with Gasteiger partial charge in [0.25, 0.3) is 0 Å². The molecule has 1 spiro atoms. The Kier molecular flexibility index (Phi) is 3.22. The van der Waals surface area contributed by atoms with E-state index in [4.69, 9.17) is 4.74 Å². The lowest BCUT2D eigenvalue weighted by atomic mass is 9.67. The first-order valence-electron chi connectivity index (χ1n) is 8.35. The summed E-state index contributed by atoms with van der Waals surface area (Å²) in [5.74, 6) is -0.0803. The lowest BCUT2D eigenvalue weighted by Gasteiger charge is -2.35. The monoisotopic (exact) mass is 312 g/mol. The number of benzene rings is 1. The van der Waals surface area contributed by atoms with Crippen molar-refractivity contribution in [2.45, 2.75) is 37.2 Å². The molecule has 0 amide bonds. The van der Waals surface area contributed by atoms with Crippen molar-refractivity contribution in [2.75, 3.05) is 0 Å². The molecular weight excluding hydrogens is 291 g/mol. The van der Waals surface area contributed by atoms with Gasteiger partial charge in [-0.15, -0.1) is 13.2 Å². The zero-order valence-electron chi connectivity index (χ0n) is 13.1. The number of carbonyl (C=O) groups is 1. The van der Waals surface area contributed by atoms with E-state index in [1.807, 2.05) is 18.2 Å². The molecule has 3 aliphatic rings. The lowest BCUT2D eigenvalue weighted by molar-refractivity contribution is -0.154. The average molecular weight is 312 g/mol. The summed E-state index contributed by atoms with van der Waals surface area (Å²) in [6.07, 6.45) is 7.34. The fourth-order valence-corrected chi connectivity index (χ4v) is 4.92. The summed E-state index contributed by atoms with van der Waals surface area (Å²) in [4.78, 5) is 12.6. The van der Waals surface area contributed by atoms with Gasteiger partial charge in [-0.3, -0.25) is 4.79 Å². The third-order valence-electron chi connectivity index (χ3n) is 6.18. The number of carbonyl (C=O) groups excluding carboxylic acids is 1. The number of hydrogen-bond donors (Lipinski definition) is 0. The van der Waals surface area contributed by atoms with Crippen LogP contribution in [0.4, 0.5) is 4.39 Å². The van der Waals surface area contributed by atoms with Gasteiger partial charge in [0.05, 0.1) is 5.92 Å². The molecule has 1 unspecified atom stereocenters. The molecule has 0 bridgehead atoms. The summed E-state index contributed by atoms with van der Waals surface area (Å²) in [7, 11) is 0. The van der Waals surface area contributed by atoms with Gasteiger partial charge >= 0.3 is 5.97 Å². The van der Waals surface area contributed by atoms with Crippen LogP contribution >= 0.6 is 0 Å². The minimum absolute atomic E-state index is 0.0871. The van der Waals surface area contributed by atoms with Gasteiger partial charge in [0, 0.05) is 24.2 Å². The van der Waals surface area contributed by atoms with Gasteiger partial charge in [-0.25, -0.2) is 4.39 Å². The molecule has 0 aromatic heterocycles. The second-order valence-corrected chi connectivity index (χ2v) is 7.10. The van der Waals surface area contributed by atoms with E-state index < -0.39 is 5.60 Å². The lowest BCUT2D eigenvalue weighted by Crippen LogP contribution is -2.38. The molecule has 1 heterocycles. The summed E-state index contributed by atoms with van der Waals surface area (Å²) in [5.41, 5.74) is 1.65. The molecule has 0 N–H and O–H groups in total. The second kappa shape index (κ2) is 5.05. The quantitative estimate of drug-likeness (QED) is 0.618. The molecule has 23 heavy (non-hydrogen) atoms. The highest BCUT2D eigenvalue weighted by Gasteiger charge is 2.59. The predicted molar refractivity (Wildman–Crippen MR) is 86.4 cm³/mol. The molecule has 3 heteroatoms. The molecule has 4 rings (SSSR count). The number of ether oxygens (including phenoxy) is 1. The first-order valence-corrected chi connectivity index (χ1v) is 8.35. The number of esters is 1. The van der Waals surface area contributed by atoms with Crippen LogP contribution in [0.25, 0.3) is 0 Å². The van der Waals surface area contributed by atoms with E-state index in [0.717, 1.165) is 30.4 Å². The molecule has 1 aliphatic heterocycles. The molecular formula is C20H21FO2. The van der Waals surface area contributed by atoms with Crippen molar-refractivity contribution < 1.29 is 13.9 Å². The minimum Gasteiger partial charge on any atom is -0.458 e. The Bertz CT molecular complexity index is 677. The van der Waals surface area contributed by atoms with Crippen LogP contribution in [0.2, 0.25) is 0 Å². The van der Waals surface area contributed by atoms with Gasteiger partial charge in [0.15, 0.2) is 0 Å². The summed E-state index contributed by atoms with van der Waals surface area (Å²) in [6, 6.07) is 4.89. The number of fused-ring (bicyclic) bond motifs is 1. The van der Waals surface area contributed by atoms with E-state index in [-0.39, 0.29) is 35.5 Å². The zero-order valence-corrected chi connectivity index (χ0v) is 13.1. The van der Waals surface area contributed by atoms with Crippen LogP contribution in [0, 0.1) is 23.6 Å². The van der Waals surface area contributed by atoms with Gasteiger partial charge in [0.1, 0.15) is 11.4 Å². The van der Waals surface area contributed by atoms with Crippen molar-refractivity contribution >= 4 is 5.97 Å². The molecule has 2 nitrogen and oxygen atoms in total. The van der Waals surface area contributed by atoms with Crippen molar-refractivity contribution in [3.63, 3.8) is 0 Å². The van der Waals surface area contributed by atoms with Gasteiger partial charge in [0.2, 0.25) is 0 Å². The molecule has 0 radical (unpaired) electrons. The largest absolute Gasteiger partial charge is 0.458 e. The summed E-state index contributed by atoms with van der Waals surface area (Å²) < 4.78 is 19.5. The topological polar surface area (TPSA) is 26.3 Å². The Morgan fingerprint density at radius 2 is 1.87 bits per heavy atom. The van der Waals surface area contributed by atoms with Crippen molar-refractivity contribution in [3.8, 4) is 0 Å². The molecule has 2 fully saturated rings. The van der Waals surface area contributed by atoms with Crippen molar-refractivity contribution in [3.05, 3.63) is 60.5 Å². The second-order valence-electron chi connectivity index (χ2n) is 7.10. The maximum Gasteiger partial charge on any atom is 0.310 e. The van der Waals surface area contributed by atoms with Crippen LogP contribution in [0.15, 0.2) is 43.5 Å². The Hall–Kier alpha value is -1.90. The standard InChI is InChI=1S/C20H21FO2/c1-3-13-6-7-14(4-2)20(13)11-18(19(22)23-20)17-9-12-5-8-15(21)10-16(12)17/h3-5,8,10,13-14,17-18H,1-2,6-7,9,11H2/t13-,14-,17?,18+/m1/s1. The van der Waals surface area contributed by atoms with E-state index in [1.165, 1.54) is 6.07 Å². The number of hydrogen-bond acceptors (Lipinski definition) is 2. The van der Waals surface area contributed by atoms with Gasteiger partial charge < -0.3 is 4.74 Å². The Morgan fingerprint density at radius 3 is 2.52 bits per heavy atom. The third-order valence-corrected chi connectivity index (χ3v) is 6.18. The van der Waals surface area contributed by atoms with Crippen LogP contribution in [0.3, 0.4) is 0 Å². The SMILES string of the molecule is C=C[C@@H]1CC[C@@H](C=C)C12C[C@@H](C1Cc3ccc(F)cc31)C(=O)O2. The molecule has 1 aromatic carbocycles. The molecule has 1 saturated carbocycles. The normalized spacial score (nSPS) is 33.9. The minimum atomic E-state index is -0.478. The smallest absolute Gasteiger partial charge is 0.310 e. The van der Waals surface area contributed by atoms with Crippen LogP contribution < -0.4 is 0 Å².